The number of carbonyl (C=O) groups is 2. The van der Waals surface area contributed by atoms with Crippen molar-refractivity contribution in [3.05, 3.63) is 17.6 Å². The molecular weight excluding hydrogens is 280 g/mol. The maximum Gasteiger partial charge on any atom is 0.308 e. The molecule has 0 heterocycles. The third-order valence-corrected chi connectivity index (χ3v) is 1.55. The average molecular weight is 293 g/mol. The second-order valence-electron chi connectivity index (χ2n) is 2.79. The second-order valence-corrected chi connectivity index (χ2v) is 3.73. The van der Waals surface area contributed by atoms with Crippen LogP contribution in [-0.2, 0) is 19.1 Å². The fraction of sp³-hybridized carbons (Fsp3) is 0.500. The summed E-state index contributed by atoms with van der Waals surface area (Å²) >= 11 is 2.86. The summed E-state index contributed by atoms with van der Waals surface area (Å²) in [5.74, 6) is -0.707. The van der Waals surface area contributed by atoms with Crippen LogP contribution in [0.5, 0.6) is 0 Å². The van der Waals surface area contributed by atoms with Crippen LogP contribution in [0.3, 0.4) is 0 Å². The molecule has 0 aromatic rings. The first-order valence-electron chi connectivity index (χ1n) is 4.51. The molecule has 1 N–H and O–H groups in total. The van der Waals surface area contributed by atoms with Gasteiger partial charge in [0, 0.05) is 26.3 Å². The second kappa shape index (κ2) is 8.10. The summed E-state index contributed by atoms with van der Waals surface area (Å²) in [4.78, 5) is 21.2. The van der Waals surface area contributed by atoms with E-state index >= 15 is 0 Å². The van der Waals surface area contributed by atoms with Crippen molar-refractivity contribution in [2.75, 3.05) is 6.61 Å². The van der Waals surface area contributed by atoms with Gasteiger partial charge < -0.3 is 14.6 Å². The van der Waals surface area contributed by atoms with Crippen LogP contribution in [0.2, 0.25) is 0 Å². The lowest BCUT2D eigenvalue weighted by Crippen LogP contribution is -2.05. The molecule has 0 aromatic heterocycles. The zero-order chi connectivity index (χ0) is 12.6. The van der Waals surface area contributed by atoms with Gasteiger partial charge in [0.15, 0.2) is 5.76 Å². The first-order chi connectivity index (χ1) is 7.41. The Hall–Kier alpha value is -1.10. The number of alkyl halides is 1. The zero-order valence-corrected chi connectivity index (χ0v) is 10.6. The fourth-order valence-electron chi connectivity index (χ4n) is 0.775. The van der Waals surface area contributed by atoms with Gasteiger partial charge in [-0.3, -0.25) is 9.59 Å². The summed E-state index contributed by atoms with van der Waals surface area (Å²) in [6, 6.07) is 0. The summed E-state index contributed by atoms with van der Waals surface area (Å²) in [5.41, 5.74) is 2.58. The van der Waals surface area contributed by atoms with E-state index in [0.29, 0.717) is 0 Å². The Kier molecular flexibility index (Phi) is 7.54. The third kappa shape index (κ3) is 9.45. The van der Waals surface area contributed by atoms with Crippen molar-refractivity contribution in [3.8, 4) is 0 Å². The topological polar surface area (TPSA) is 72.8 Å². The summed E-state index contributed by atoms with van der Waals surface area (Å²) in [7, 11) is 0. The van der Waals surface area contributed by atoms with E-state index in [9.17, 15) is 9.59 Å². The van der Waals surface area contributed by atoms with Crippen LogP contribution in [0.1, 0.15) is 20.3 Å². The maximum atomic E-state index is 10.7. The highest BCUT2D eigenvalue weighted by Gasteiger charge is 2.03. The molecule has 0 fully saturated rings. The maximum absolute atomic E-state index is 10.7. The van der Waals surface area contributed by atoms with Crippen LogP contribution in [-0.4, -0.2) is 28.7 Å². The van der Waals surface area contributed by atoms with Gasteiger partial charge in [0.1, 0.15) is 5.01 Å². The van der Waals surface area contributed by atoms with Gasteiger partial charge in [-0.25, -0.2) is 0 Å². The van der Waals surface area contributed by atoms with E-state index in [1.54, 1.807) is 0 Å². The number of aliphatic hydroxyl groups excluding tert-OH is 1. The minimum atomic E-state index is -0.869. The minimum Gasteiger partial charge on any atom is -0.465 e. The third-order valence-electron chi connectivity index (χ3n) is 1.28. The Morgan fingerprint density at radius 2 is 2.06 bits per heavy atom. The van der Waals surface area contributed by atoms with Gasteiger partial charge in [0.25, 0.3) is 0 Å². The normalized spacial score (nSPS) is 11.0. The summed E-state index contributed by atoms with van der Waals surface area (Å²) in [6.07, 6.45) is 1.49. The van der Waals surface area contributed by atoms with E-state index in [1.165, 1.54) is 19.9 Å². The molecular formula is C10H13BrO5. The molecule has 5 nitrogen and oxygen atoms in total. The molecule has 0 rings (SSSR count). The van der Waals surface area contributed by atoms with Gasteiger partial charge >= 0.3 is 11.9 Å². The Labute approximate surface area is 102 Å². The predicted molar refractivity (Wildman–Crippen MR) is 59.5 cm³/mol. The van der Waals surface area contributed by atoms with Gasteiger partial charge in [-0.2, -0.15) is 0 Å². The predicted octanol–water partition coefficient (Wildman–Crippen LogP) is 1.25. The first-order valence-corrected chi connectivity index (χ1v) is 5.43. The van der Waals surface area contributed by atoms with Gasteiger partial charge in [0.2, 0.25) is 0 Å². The van der Waals surface area contributed by atoms with E-state index in [1.807, 2.05) is 0 Å². The molecule has 0 spiro atoms. The van der Waals surface area contributed by atoms with Crippen LogP contribution < -0.4 is 0 Å². The molecule has 6 heteroatoms. The highest BCUT2D eigenvalue weighted by Crippen LogP contribution is 2.04. The SMILES string of the molecule is CC(=O)OCCC(=C=C[C@@H](O)Br)OC(C)=O. The Morgan fingerprint density at radius 3 is 2.50 bits per heavy atom. The molecule has 1 atom stereocenters. The monoisotopic (exact) mass is 292 g/mol. The number of rotatable bonds is 5. The lowest BCUT2D eigenvalue weighted by molar-refractivity contribution is -0.141. The Balaban J connectivity index is 4.38. The fourth-order valence-corrected chi connectivity index (χ4v) is 0.907. The highest BCUT2D eigenvalue weighted by molar-refractivity contribution is 9.09. The molecule has 0 saturated heterocycles. The van der Waals surface area contributed by atoms with E-state index in [2.05, 4.69) is 26.4 Å². The average Bonchev–Trinajstić information content (AvgIpc) is 2.12. The van der Waals surface area contributed by atoms with E-state index in [4.69, 9.17) is 9.84 Å². The molecule has 0 aliphatic rings. The molecule has 0 aliphatic carbocycles. The number of halogens is 1. The Bertz CT molecular complexity index is 315. The van der Waals surface area contributed by atoms with E-state index in [0.717, 1.165) is 0 Å². The van der Waals surface area contributed by atoms with Crippen molar-refractivity contribution in [2.45, 2.75) is 25.3 Å². The molecule has 16 heavy (non-hydrogen) atoms. The van der Waals surface area contributed by atoms with Gasteiger partial charge in [-0.1, -0.05) is 21.7 Å². The molecule has 0 saturated carbocycles. The van der Waals surface area contributed by atoms with Crippen molar-refractivity contribution in [1.29, 1.82) is 0 Å². The lowest BCUT2D eigenvalue weighted by atomic mass is 10.3. The summed E-state index contributed by atoms with van der Waals surface area (Å²) in [5, 5.41) is 8.04. The largest absolute Gasteiger partial charge is 0.465 e. The van der Waals surface area contributed by atoms with Crippen molar-refractivity contribution in [1.82, 2.24) is 0 Å². The molecule has 0 radical (unpaired) electrons. The molecule has 90 valence electrons. The van der Waals surface area contributed by atoms with Crippen LogP contribution in [0.15, 0.2) is 17.6 Å². The van der Waals surface area contributed by atoms with Crippen molar-refractivity contribution >= 4 is 27.9 Å². The lowest BCUT2D eigenvalue weighted by Gasteiger charge is -2.04. The number of carbonyl (C=O) groups excluding carboxylic acids is 2. The zero-order valence-electron chi connectivity index (χ0n) is 9.03. The molecule has 0 amide bonds. The van der Waals surface area contributed by atoms with E-state index in [-0.39, 0.29) is 18.8 Å². The number of aliphatic hydroxyl groups is 1. The molecule has 0 unspecified atom stereocenters. The van der Waals surface area contributed by atoms with Gasteiger partial charge in [-0.15, -0.1) is 0 Å². The smallest absolute Gasteiger partial charge is 0.308 e. The van der Waals surface area contributed by atoms with Crippen LogP contribution >= 0.6 is 15.9 Å². The quantitative estimate of drug-likeness (QED) is 0.357. The van der Waals surface area contributed by atoms with Gasteiger partial charge in [-0.05, 0) is 0 Å². The number of hydrogen-bond acceptors (Lipinski definition) is 5. The van der Waals surface area contributed by atoms with E-state index < -0.39 is 17.0 Å². The standard InChI is InChI=1S/C10H13BrO5/c1-7(12)15-6-5-9(16-8(2)13)3-4-10(11)14/h4,10,14H,5-6H2,1-2H3/t3?,10-/m1/s1. The van der Waals surface area contributed by atoms with Crippen LogP contribution in [0, 0.1) is 0 Å². The summed E-state index contributed by atoms with van der Waals surface area (Å²) in [6.45, 7) is 2.63. The van der Waals surface area contributed by atoms with Crippen molar-refractivity contribution in [3.63, 3.8) is 0 Å². The minimum absolute atomic E-state index is 0.0944. The molecule has 0 aromatic carbocycles. The number of ether oxygens (including phenoxy) is 2. The molecule has 0 aliphatic heterocycles. The van der Waals surface area contributed by atoms with Gasteiger partial charge in [0.05, 0.1) is 6.61 Å². The number of esters is 2. The van der Waals surface area contributed by atoms with Crippen molar-refractivity contribution in [2.24, 2.45) is 0 Å². The van der Waals surface area contributed by atoms with Crippen molar-refractivity contribution < 1.29 is 24.2 Å². The number of hydrogen-bond donors (Lipinski definition) is 1. The van der Waals surface area contributed by atoms with Crippen LogP contribution in [0.4, 0.5) is 0 Å². The summed E-state index contributed by atoms with van der Waals surface area (Å²) < 4.78 is 9.48. The van der Waals surface area contributed by atoms with Crippen LogP contribution in [0.25, 0.3) is 0 Å². The Morgan fingerprint density at radius 1 is 1.44 bits per heavy atom. The molecule has 0 bridgehead atoms. The highest BCUT2D eigenvalue weighted by atomic mass is 79.9. The first kappa shape index (κ1) is 14.9.